The second kappa shape index (κ2) is 9.77. The smallest absolute Gasteiger partial charge is 0.0108 e. The van der Waals surface area contributed by atoms with E-state index in [1.807, 2.05) is 0 Å². The van der Waals surface area contributed by atoms with Crippen molar-refractivity contribution in [3.05, 3.63) is 0 Å². The summed E-state index contributed by atoms with van der Waals surface area (Å²) in [5.74, 6) is 1.86. The summed E-state index contributed by atoms with van der Waals surface area (Å²) in [4.78, 5) is 2.66. The summed E-state index contributed by atoms with van der Waals surface area (Å²) in [5.41, 5.74) is 0. The van der Waals surface area contributed by atoms with Gasteiger partial charge >= 0.3 is 0 Å². The predicted octanol–water partition coefficient (Wildman–Crippen LogP) is 3.91. The standard InChI is InChI=1S/C17H36N2/c1-5-9-15-10-11-17(18-7-3)16(13-15)14-19(8-4)12-6-2/h15-18H,5-14H2,1-4H3. The molecule has 2 heteroatoms. The van der Waals surface area contributed by atoms with Crippen molar-refractivity contribution in [2.45, 2.75) is 72.3 Å². The highest BCUT2D eigenvalue weighted by atomic mass is 15.1. The summed E-state index contributed by atoms with van der Waals surface area (Å²) in [6.07, 6.45) is 8.37. The Hall–Kier alpha value is -0.0800. The zero-order chi connectivity index (χ0) is 14.1. The molecule has 1 fully saturated rings. The van der Waals surface area contributed by atoms with Gasteiger partial charge < -0.3 is 10.2 Å². The van der Waals surface area contributed by atoms with Crippen molar-refractivity contribution in [3.8, 4) is 0 Å². The summed E-state index contributed by atoms with van der Waals surface area (Å²) in [6.45, 7) is 14.1. The molecule has 1 aliphatic carbocycles. The van der Waals surface area contributed by atoms with Gasteiger partial charge in [-0.2, -0.15) is 0 Å². The van der Waals surface area contributed by atoms with Crippen molar-refractivity contribution in [1.29, 1.82) is 0 Å². The molecule has 0 radical (unpaired) electrons. The van der Waals surface area contributed by atoms with Crippen molar-refractivity contribution >= 4 is 0 Å². The van der Waals surface area contributed by atoms with E-state index in [1.54, 1.807) is 0 Å². The molecule has 0 aliphatic heterocycles. The van der Waals surface area contributed by atoms with Crippen LogP contribution in [0.2, 0.25) is 0 Å². The van der Waals surface area contributed by atoms with Crippen LogP contribution >= 0.6 is 0 Å². The van der Waals surface area contributed by atoms with Crippen LogP contribution in [0.15, 0.2) is 0 Å². The second-order valence-electron chi connectivity index (χ2n) is 6.29. The van der Waals surface area contributed by atoms with Gasteiger partial charge in [-0.05, 0) is 57.2 Å². The Balaban J connectivity index is 2.54. The maximum atomic E-state index is 3.74. The van der Waals surface area contributed by atoms with Crippen molar-refractivity contribution in [1.82, 2.24) is 10.2 Å². The number of hydrogen-bond acceptors (Lipinski definition) is 2. The molecule has 1 saturated carbocycles. The third-order valence-electron chi connectivity index (χ3n) is 4.73. The molecule has 0 heterocycles. The first-order valence-electron chi connectivity index (χ1n) is 8.70. The molecule has 1 aliphatic rings. The Bertz CT molecular complexity index is 217. The molecule has 2 nitrogen and oxygen atoms in total. The molecule has 0 aromatic heterocycles. The lowest BCUT2D eigenvalue weighted by atomic mass is 9.76. The average molecular weight is 268 g/mol. The third-order valence-corrected chi connectivity index (χ3v) is 4.73. The van der Waals surface area contributed by atoms with Gasteiger partial charge in [0.05, 0.1) is 0 Å². The molecule has 3 atom stereocenters. The molecule has 0 spiro atoms. The normalized spacial score (nSPS) is 27.9. The zero-order valence-corrected chi connectivity index (χ0v) is 13.8. The predicted molar refractivity (Wildman–Crippen MR) is 85.6 cm³/mol. The molecule has 19 heavy (non-hydrogen) atoms. The minimum atomic E-state index is 0.768. The lowest BCUT2D eigenvalue weighted by Gasteiger charge is -2.39. The summed E-state index contributed by atoms with van der Waals surface area (Å²) in [6, 6.07) is 0.768. The summed E-state index contributed by atoms with van der Waals surface area (Å²) < 4.78 is 0. The third kappa shape index (κ3) is 5.83. The Morgan fingerprint density at radius 1 is 1.05 bits per heavy atom. The molecule has 3 unspecified atom stereocenters. The van der Waals surface area contributed by atoms with Gasteiger partial charge in [0.25, 0.3) is 0 Å². The van der Waals surface area contributed by atoms with Crippen LogP contribution < -0.4 is 5.32 Å². The Labute approximate surface area is 121 Å². The van der Waals surface area contributed by atoms with Crippen LogP contribution in [-0.4, -0.2) is 37.1 Å². The molecule has 114 valence electrons. The lowest BCUT2D eigenvalue weighted by Crippen LogP contribution is -2.46. The fraction of sp³-hybridized carbons (Fsp3) is 1.00. The monoisotopic (exact) mass is 268 g/mol. The first kappa shape index (κ1) is 17.0. The topological polar surface area (TPSA) is 15.3 Å². The lowest BCUT2D eigenvalue weighted by molar-refractivity contribution is 0.139. The van der Waals surface area contributed by atoms with E-state index in [1.165, 1.54) is 58.2 Å². The van der Waals surface area contributed by atoms with Crippen LogP contribution in [0.4, 0.5) is 0 Å². The van der Waals surface area contributed by atoms with Crippen LogP contribution in [0.25, 0.3) is 0 Å². The first-order valence-corrected chi connectivity index (χ1v) is 8.70. The fourth-order valence-electron chi connectivity index (χ4n) is 3.79. The van der Waals surface area contributed by atoms with Gasteiger partial charge in [-0.3, -0.25) is 0 Å². The van der Waals surface area contributed by atoms with Gasteiger partial charge in [0, 0.05) is 12.6 Å². The van der Waals surface area contributed by atoms with Gasteiger partial charge in [0.1, 0.15) is 0 Å². The van der Waals surface area contributed by atoms with Crippen molar-refractivity contribution < 1.29 is 0 Å². The van der Waals surface area contributed by atoms with E-state index in [-0.39, 0.29) is 0 Å². The maximum absolute atomic E-state index is 3.74. The van der Waals surface area contributed by atoms with Crippen molar-refractivity contribution in [3.63, 3.8) is 0 Å². The summed E-state index contributed by atoms with van der Waals surface area (Å²) >= 11 is 0. The van der Waals surface area contributed by atoms with E-state index in [4.69, 9.17) is 0 Å². The first-order chi connectivity index (χ1) is 9.24. The van der Waals surface area contributed by atoms with Crippen LogP contribution in [0, 0.1) is 11.8 Å². The Morgan fingerprint density at radius 3 is 2.42 bits per heavy atom. The quantitative estimate of drug-likeness (QED) is 0.682. The number of nitrogens with zero attached hydrogens (tertiary/aromatic N) is 1. The summed E-state index contributed by atoms with van der Waals surface area (Å²) in [5, 5.41) is 3.74. The van der Waals surface area contributed by atoms with Gasteiger partial charge in [-0.25, -0.2) is 0 Å². The molecule has 0 amide bonds. The molecule has 1 N–H and O–H groups in total. The van der Waals surface area contributed by atoms with Gasteiger partial charge in [-0.15, -0.1) is 0 Å². The van der Waals surface area contributed by atoms with Gasteiger partial charge in [0.2, 0.25) is 0 Å². The van der Waals surface area contributed by atoms with E-state index < -0.39 is 0 Å². The Morgan fingerprint density at radius 2 is 1.84 bits per heavy atom. The van der Waals surface area contributed by atoms with Crippen LogP contribution in [-0.2, 0) is 0 Å². The molecule has 0 aromatic carbocycles. The largest absolute Gasteiger partial charge is 0.314 e. The molecule has 0 bridgehead atoms. The number of rotatable bonds is 9. The molecular formula is C17H36N2. The highest BCUT2D eigenvalue weighted by molar-refractivity contribution is 4.86. The van der Waals surface area contributed by atoms with Crippen molar-refractivity contribution in [2.75, 3.05) is 26.2 Å². The molecule has 0 saturated heterocycles. The highest BCUT2D eigenvalue weighted by Crippen LogP contribution is 2.32. The van der Waals surface area contributed by atoms with Crippen LogP contribution in [0.3, 0.4) is 0 Å². The SMILES string of the molecule is CCCC1CCC(NCC)C(CN(CC)CCC)C1. The van der Waals surface area contributed by atoms with Gasteiger partial charge in [-0.1, -0.05) is 40.5 Å². The molecule has 1 rings (SSSR count). The zero-order valence-electron chi connectivity index (χ0n) is 13.8. The fourth-order valence-corrected chi connectivity index (χ4v) is 3.79. The molecular weight excluding hydrogens is 232 g/mol. The maximum Gasteiger partial charge on any atom is 0.0108 e. The van der Waals surface area contributed by atoms with Gasteiger partial charge in [0.15, 0.2) is 0 Å². The number of hydrogen-bond donors (Lipinski definition) is 1. The van der Waals surface area contributed by atoms with E-state index >= 15 is 0 Å². The van der Waals surface area contributed by atoms with E-state index in [9.17, 15) is 0 Å². The molecule has 0 aromatic rings. The van der Waals surface area contributed by atoms with E-state index in [0.29, 0.717) is 0 Å². The summed E-state index contributed by atoms with van der Waals surface area (Å²) in [7, 11) is 0. The second-order valence-corrected chi connectivity index (χ2v) is 6.29. The highest BCUT2D eigenvalue weighted by Gasteiger charge is 2.30. The minimum absolute atomic E-state index is 0.768. The van der Waals surface area contributed by atoms with Crippen LogP contribution in [0.1, 0.15) is 66.2 Å². The van der Waals surface area contributed by atoms with Crippen molar-refractivity contribution in [2.24, 2.45) is 11.8 Å². The van der Waals surface area contributed by atoms with E-state index in [2.05, 4.69) is 37.9 Å². The van der Waals surface area contributed by atoms with E-state index in [0.717, 1.165) is 24.4 Å². The number of nitrogens with one attached hydrogen (secondary N) is 1. The van der Waals surface area contributed by atoms with Crippen LogP contribution in [0.5, 0.6) is 0 Å². The average Bonchev–Trinajstić information content (AvgIpc) is 2.41. The minimum Gasteiger partial charge on any atom is -0.314 e. The Kier molecular flexibility index (Phi) is 8.72.